The lowest BCUT2D eigenvalue weighted by Gasteiger charge is -2.29. The molecule has 1 saturated carbocycles. The number of hydrogen-bond acceptors (Lipinski definition) is 1. The van der Waals surface area contributed by atoms with Crippen LogP contribution < -0.4 is 5.32 Å². The molecule has 0 radical (unpaired) electrons. The van der Waals surface area contributed by atoms with Gasteiger partial charge in [-0.05, 0) is 31.1 Å². The average Bonchev–Trinajstić information content (AvgIpc) is 2.81. The lowest BCUT2D eigenvalue weighted by Crippen LogP contribution is -2.41. The predicted molar refractivity (Wildman–Crippen MR) is 65.3 cm³/mol. The fourth-order valence-corrected chi connectivity index (χ4v) is 2.95. The summed E-state index contributed by atoms with van der Waals surface area (Å²) in [4.78, 5) is 13.8. The van der Waals surface area contributed by atoms with Crippen LogP contribution in [0.1, 0.15) is 45.4 Å². The molecule has 2 rings (SSSR count). The second-order valence-corrected chi connectivity index (χ2v) is 5.40. The highest BCUT2D eigenvalue weighted by Crippen LogP contribution is 2.28. The van der Waals surface area contributed by atoms with Crippen molar-refractivity contribution in [2.24, 2.45) is 11.8 Å². The summed E-state index contributed by atoms with van der Waals surface area (Å²) in [5, 5.41) is 3.11. The quantitative estimate of drug-likeness (QED) is 0.768. The standard InChI is InChI=1S/C13H24N2O/c1-11-6-2-3-7-12(11)10-14-13(16)15-8-4-5-9-15/h11-12H,2-10H2,1H3,(H,14,16). The van der Waals surface area contributed by atoms with Gasteiger partial charge in [0.25, 0.3) is 0 Å². The third-order valence-electron chi connectivity index (χ3n) is 4.20. The van der Waals surface area contributed by atoms with Gasteiger partial charge in [-0.1, -0.05) is 26.2 Å². The van der Waals surface area contributed by atoms with E-state index in [1.165, 1.54) is 38.5 Å². The number of amides is 2. The Morgan fingerprint density at radius 2 is 1.88 bits per heavy atom. The smallest absolute Gasteiger partial charge is 0.317 e. The Morgan fingerprint density at radius 1 is 1.19 bits per heavy atom. The van der Waals surface area contributed by atoms with Crippen LogP contribution in [0.4, 0.5) is 4.79 Å². The maximum atomic E-state index is 11.8. The Bertz CT molecular complexity index is 236. The maximum Gasteiger partial charge on any atom is 0.317 e. The van der Waals surface area contributed by atoms with E-state index in [2.05, 4.69) is 12.2 Å². The molecule has 2 aliphatic rings. The van der Waals surface area contributed by atoms with Crippen LogP contribution in [0.25, 0.3) is 0 Å². The van der Waals surface area contributed by atoms with Crippen molar-refractivity contribution < 1.29 is 4.79 Å². The van der Waals surface area contributed by atoms with Crippen molar-refractivity contribution >= 4 is 6.03 Å². The van der Waals surface area contributed by atoms with Gasteiger partial charge >= 0.3 is 6.03 Å². The molecule has 0 bridgehead atoms. The summed E-state index contributed by atoms with van der Waals surface area (Å²) >= 11 is 0. The van der Waals surface area contributed by atoms with Crippen molar-refractivity contribution in [1.29, 1.82) is 0 Å². The van der Waals surface area contributed by atoms with Crippen LogP contribution in [0.2, 0.25) is 0 Å². The fourth-order valence-electron chi connectivity index (χ4n) is 2.95. The number of carbonyl (C=O) groups excluding carboxylic acids is 1. The molecule has 92 valence electrons. The molecule has 2 unspecified atom stereocenters. The molecule has 1 saturated heterocycles. The maximum absolute atomic E-state index is 11.8. The largest absolute Gasteiger partial charge is 0.338 e. The average molecular weight is 224 g/mol. The van der Waals surface area contributed by atoms with Gasteiger partial charge in [0.05, 0.1) is 0 Å². The van der Waals surface area contributed by atoms with E-state index in [4.69, 9.17) is 0 Å². The molecule has 1 heterocycles. The van der Waals surface area contributed by atoms with Crippen LogP contribution in [0, 0.1) is 11.8 Å². The zero-order valence-corrected chi connectivity index (χ0v) is 10.4. The Labute approximate surface area is 98.6 Å². The van der Waals surface area contributed by atoms with E-state index < -0.39 is 0 Å². The molecule has 0 spiro atoms. The van der Waals surface area contributed by atoms with Crippen molar-refractivity contribution in [3.05, 3.63) is 0 Å². The molecule has 2 amide bonds. The lowest BCUT2D eigenvalue weighted by molar-refractivity contribution is 0.197. The van der Waals surface area contributed by atoms with Crippen molar-refractivity contribution in [3.8, 4) is 0 Å². The van der Waals surface area contributed by atoms with Crippen LogP contribution in [-0.4, -0.2) is 30.6 Å². The first-order chi connectivity index (χ1) is 7.77. The van der Waals surface area contributed by atoms with E-state index in [1.807, 2.05) is 4.90 Å². The van der Waals surface area contributed by atoms with E-state index >= 15 is 0 Å². The number of likely N-dealkylation sites (tertiary alicyclic amines) is 1. The second-order valence-electron chi connectivity index (χ2n) is 5.40. The Balaban J connectivity index is 1.71. The molecule has 2 fully saturated rings. The zero-order valence-electron chi connectivity index (χ0n) is 10.4. The van der Waals surface area contributed by atoms with E-state index in [1.54, 1.807) is 0 Å². The van der Waals surface area contributed by atoms with Gasteiger partial charge in [-0.15, -0.1) is 0 Å². The highest BCUT2D eigenvalue weighted by Gasteiger charge is 2.23. The first-order valence-electron chi connectivity index (χ1n) is 6.80. The first-order valence-corrected chi connectivity index (χ1v) is 6.80. The first kappa shape index (κ1) is 11.7. The molecule has 0 aromatic heterocycles. The third kappa shape index (κ3) is 2.89. The molecular formula is C13H24N2O. The van der Waals surface area contributed by atoms with E-state index in [9.17, 15) is 4.79 Å². The van der Waals surface area contributed by atoms with Crippen molar-refractivity contribution in [2.75, 3.05) is 19.6 Å². The van der Waals surface area contributed by atoms with Gasteiger partial charge in [0.15, 0.2) is 0 Å². The minimum absolute atomic E-state index is 0.162. The molecule has 0 aromatic carbocycles. The number of nitrogens with one attached hydrogen (secondary N) is 1. The normalized spacial score (nSPS) is 30.4. The number of rotatable bonds is 2. The molecule has 1 aliphatic heterocycles. The molecule has 1 aliphatic carbocycles. The van der Waals surface area contributed by atoms with Crippen molar-refractivity contribution in [3.63, 3.8) is 0 Å². The molecule has 2 atom stereocenters. The highest BCUT2D eigenvalue weighted by molar-refractivity contribution is 5.74. The lowest BCUT2D eigenvalue weighted by atomic mass is 9.80. The topological polar surface area (TPSA) is 32.3 Å². The van der Waals surface area contributed by atoms with Crippen LogP contribution in [0.3, 0.4) is 0 Å². The van der Waals surface area contributed by atoms with Crippen molar-refractivity contribution in [1.82, 2.24) is 10.2 Å². The monoisotopic (exact) mass is 224 g/mol. The Morgan fingerprint density at radius 3 is 2.56 bits per heavy atom. The van der Waals surface area contributed by atoms with E-state index in [-0.39, 0.29) is 6.03 Å². The Hall–Kier alpha value is -0.730. The number of hydrogen-bond donors (Lipinski definition) is 1. The molecule has 3 nitrogen and oxygen atoms in total. The summed E-state index contributed by atoms with van der Waals surface area (Å²) in [7, 11) is 0. The van der Waals surface area contributed by atoms with E-state index in [0.717, 1.165) is 25.6 Å². The van der Waals surface area contributed by atoms with Gasteiger partial charge in [0.1, 0.15) is 0 Å². The summed E-state index contributed by atoms with van der Waals surface area (Å²) < 4.78 is 0. The third-order valence-corrected chi connectivity index (χ3v) is 4.20. The summed E-state index contributed by atoms with van der Waals surface area (Å²) in [5.74, 6) is 1.49. The number of carbonyl (C=O) groups is 1. The zero-order chi connectivity index (χ0) is 11.4. The number of nitrogens with zero attached hydrogens (tertiary/aromatic N) is 1. The van der Waals surface area contributed by atoms with Crippen LogP contribution in [0.5, 0.6) is 0 Å². The SMILES string of the molecule is CC1CCCCC1CNC(=O)N1CCCC1. The molecule has 0 aromatic rings. The van der Waals surface area contributed by atoms with Crippen molar-refractivity contribution in [2.45, 2.75) is 45.4 Å². The minimum atomic E-state index is 0.162. The summed E-state index contributed by atoms with van der Waals surface area (Å²) in [6.45, 7) is 5.11. The highest BCUT2D eigenvalue weighted by atomic mass is 16.2. The number of urea groups is 1. The minimum Gasteiger partial charge on any atom is -0.338 e. The molecule has 1 N–H and O–H groups in total. The summed E-state index contributed by atoms with van der Waals surface area (Å²) in [6.07, 6.45) is 7.69. The van der Waals surface area contributed by atoms with Gasteiger partial charge < -0.3 is 10.2 Å². The van der Waals surface area contributed by atoms with Gasteiger partial charge in [0, 0.05) is 19.6 Å². The Kier molecular flexibility index (Phi) is 4.08. The van der Waals surface area contributed by atoms with Gasteiger partial charge in [-0.25, -0.2) is 4.79 Å². The van der Waals surface area contributed by atoms with Crippen LogP contribution in [0.15, 0.2) is 0 Å². The summed E-state index contributed by atoms with van der Waals surface area (Å²) in [6, 6.07) is 0.162. The molecule has 3 heteroatoms. The van der Waals surface area contributed by atoms with Gasteiger partial charge in [0.2, 0.25) is 0 Å². The predicted octanol–water partition coefficient (Wildman–Crippen LogP) is 2.62. The second kappa shape index (κ2) is 5.55. The molecule has 16 heavy (non-hydrogen) atoms. The summed E-state index contributed by atoms with van der Waals surface area (Å²) in [5.41, 5.74) is 0. The molecular weight excluding hydrogens is 200 g/mol. The van der Waals surface area contributed by atoms with Gasteiger partial charge in [-0.3, -0.25) is 0 Å². The van der Waals surface area contributed by atoms with E-state index in [0.29, 0.717) is 5.92 Å². The van der Waals surface area contributed by atoms with Crippen LogP contribution in [-0.2, 0) is 0 Å². The van der Waals surface area contributed by atoms with Crippen LogP contribution >= 0.6 is 0 Å². The fraction of sp³-hybridized carbons (Fsp3) is 0.923. The van der Waals surface area contributed by atoms with Gasteiger partial charge in [-0.2, -0.15) is 0 Å².